The molecule has 1 fully saturated rings. The van der Waals surface area contributed by atoms with Crippen LogP contribution in [0, 0.1) is 5.92 Å². The van der Waals surface area contributed by atoms with Gasteiger partial charge in [0.05, 0.1) is 11.5 Å². The predicted octanol–water partition coefficient (Wildman–Crippen LogP) is 1.95. The number of sulfone groups is 1. The van der Waals surface area contributed by atoms with E-state index in [0.29, 0.717) is 19.3 Å². The van der Waals surface area contributed by atoms with E-state index in [9.17, 15) is 12.8 Å². The molecule has 0 bridgehead atoms. The molecular formula is C9H17FO2S. The second kappa shape index (κ2) is 3.56. The summed E-state index contributed by atoms with van der Waals surface area (Å²) in [5.41, 5.74) is -1.47. The Balaban J connectivity index is 2.86. The minimum Gasteiger partial charge on any atom is -0.243 e. The molecule has 78 valence electrons. The van der Waals surface area contributed by atoms with E-state index in [1.54, 1.807) is 6.92 Å². The smallest absolute Gasteiger partial charge is 0.153 e. The van der Waals surface area contributed by atoms with Gasteiger partial charge in [0.25, 0.3) is 0 Å². The molecule has 0 saturated carbocycles. The van der Waals surface area contributed by atoms with Crippen LogP contribution in [0.15, 0.2) is 0 Å². The lowest BCUT2D eigenvalue weighted by molar-refractivity contribution is 0.166. The van der Waals surface area contributed by atoms with Crippen LogP contribution in [0.3, 0.4) is 0 Å². The molecule has 0 aromatic rings. The molecule has 0 amide bonds. The normalized spacial score (nSPS) is 39.8. The molecular weight excluding hydrogens is 191 g/mol. The maximum atomic E-state index is 13.9. The highest BCUT2D eigenvalue weighted by atomic mass is 32.2. The Bertz CT molecular complexity index is 273. The highest BCUT2D eigenvalue weighted by Gasteiger charge is 2.37. The largest absolute Gasteiger partial charge is 0.243 e. The molecule has 1 rings (SSSR count). The first-order valence-corrected chi connectivity index (χ1v) is 6.58. The van der Waals surface area contributed by atoms with E-state index >= 15 is 0 Å². The average Bonchev–Trinajstić information content (AvgIpc) is 2.08. The maximum absolute atomic E-state index is 13.9. The summed E-state index contributed by atoms with van der Waals surface area (Å²) < 4.78 is 36.7. The van der Waals surface area contributed by atoms with Crippen molar-refractivity contribution in [1.82, 2.24) is 0 Å². The first-order chi connectivity index (χ1) is 5.87. The van der Waals surface area contributed by atoms with Crippen LogP contribution in [-0.4, -0.2) is 25.6 Å². The lowest BCUT2D eigenvalue weighted by atomic mass is 9.95. The Morgan fingerprint density at radius 2 is 2.15 bits per heavy atom. The summed E-state index contributed by atoms with van der Waals surface area (Å²) in [6.45, 7) is 3.59. The van der Waals surface area contributed by atoms with Crippen molar-refractivity contribution < 1.29 is 12.8 Å². The van der Waals surface area contributed by atoms with E-state index in [1.807, 2.05) is 6.92 Å². The first kappa shape index (κ1) is 11.0. The third-order valence-electron chi connectivity index (χ3n) is 2.74. The molecule has 13 heavy (non-hydrogen) atoms. The Morgan fingerprint density at radius 1 is 1.54 bits per heavy atom. The molecule has 1 aliphatic heterocycles. The van der Waals surface area contributed by atoms with Crippen LogP contribution < -0.4 is 0 Å². The van der Waals surface area contributed by atoms with E-state index in [0.717, 1.165) is 0 Å². The molecule has 0 aliphatic carbocycles. The molecule has 0 aromatic heterocycles. The third kappa shape index (κ3) is 2.93. The SMILES string of the molecule is CCC1(F)CCC(C)CS(=O)(=O)C1. The highest BCUT2D eigenvalue weighted by molar-refractivity contribution is 7.91. The molecule has 4 heteroatoms. The zero-order valence-electron chi connectivity index (χ0n) is 8.22. The summed E-state index contributed by atoms with van der Waals surface area (Å²) in [5, 5.41) is 0. The number of alkyl halides is 1. The Hall–Kier alpha value is -0.120. The molecule has 1 aliphatic rings. The lowest BCUT2D eigenvalue weighted by Gasteiger charge is -2.20. The maximum Gasteiger partial charge on any atom is 0.153 e. The molecule has 2 nitrogen and oxygen atoms in total. The first-order valence-electron chi connectivity index (χ1n) is 4.76. The quantitative estimate of drug-likeness (QED) is 0.660. The standard InChI is InChI=1S/C9H17FO2S/c1-3-9(10)5-4-8(2)6-13(11,12)7-9/h8H,3-7H2,1-2H3. The van der Waals surface area contributed by atoms with Crippen molar-refractivity contribution in [3.63, 3.8) is 0 Å². The summed E-state index contributed by atoms with van der Waals surface area (Å²) in [4.78, 5) is 0. The van der Waals surface area contributed by atoms with Gasteiger partial charge in [-0.15, -0.1) is 0 Å². The van der Waals surface area contributed by atoms with E-state index in [-0.39, 0.29) is 17.4 Å². The Morgan fingerprint density at radius 3 is 2.69 bits per heavy atom. The van der Waals surface area contributed by atoms with E-state index in [1.165, 1.54) is 0 Å². The second-order valence-corrected chi connectivity index (χ2v) is 6.31. The zero-order chi connectivity index (χ0) is 10.1. The van der Waals surface area contributed by atoms with Crippen LogP contribution in [0.2, 0.25) is 0 Å². The van der Waals surface area contributed by atoms with Crippen molar-refractivity contribution >= 4 is 9.84 Å². The van der Waals surface area contributed by atoms with Gasteiger partial charge in [-0.3, -0.25) is 0 Å². The van der Waals surface area contributed by atoms with Gasteiger partial charge in [0, 0.05) is 0 Å². The van der Waals surface area contributed by atoms with Crippen LogP contribution >= 0.6 is 0 Å². The fourth-order valence-corrected chi connectivity index (χ4v) is 4.11. The van der Waals surface area contributed by atoms with Gasteiger partial charge < -0.3 is 0 Å². The summed E-state index contributed by atoms with van der Waals surface area (Å²) >= 11 is 0. The number of rotatable bonds is 1. The van der Waals surface area contributed by atoms with Crippen LogP contribution in [0.25, 0.3) is 0 Å². The summed E-state index contributed by atoms with van der Waals surface area (Å²) in [6, 6.07) is 0. The van der Waals surface area contributed by atoms with Gasteiger partial charge in [-0.1, -0.05) is 13.8 Å². The lowest BCUT2D eigenvalue weighted by Crippen LogP contribution is -2.30. The number of hydrogen-bond donors (Lipinski definition) is 0. The van der Waals surface area contributed by atoms with Crippen molar-refractivity contribution in [3.8, 4) is 0 Å². The van der Waals surface area contributed by atoms with E-state index < -0.39 is 15.5 Å². The molecule has 0 spiro atoms. The molecule has 0 radical (unpaired) electrons. The zero-order valence-corrected chi connectivity index (χ0v) is 9.03. The third-order valence-corrected chi connectivity index (χ3v) is 4.77. The van der Waals surface area contributed by atoms with Crippen LogP contribution in [0.4, 0.5) is 4.39 Å². The number of hydrogen-bond acceptors (Lipinski definition) is 2. The number of halogens is 1. The highest BCUT2D eigenvalue weighted by Crippen LogP contribution is 2.31. The Kier molecular flexibility index (Phi) is 3.00. The fraction of sp³-hybridized carbons (Fsp3) is 1.00. The molecule has 2 atom stereocenters. The fourth-order valence-electron chi connectivity index (χ4n) is 1.83. The van der Waals surface area contributed by atoms with Gasteiger partial charge in [-0.25, -0.2) is 12.8 Å². The van der Waals surface area contributed by atoms with Gasteiger partial charge in [-0.2, -0.15) is 0 Å². The van der Waals surface area contributed by atoms with Gasteiger partial charge in [0.2, 0.25) is 0 Å². The topological polar surface area (TPSA) is 34.1 Å². The van der Waals surface area contributed by atoms with Crippen molar-refractivity contribution in [3.05, 3.63) is 0 Å². The van der Waals surface area contributed by atoms with Crippen LogP contribution in [0.5, 0.6) is 0 Å². The van der Waals surface area contributed by atoms with Crippen molar-refractivity contribution in [2.75, 3.05) is 11.5 Å². The van der Waals surface area contributed by atoms with Crippen molar-refractivity contribution in [2.24, 2.45) is 5.92 Å². The average molecular weight is 208 g/mol. The van der Waals surface area contributed by atoms with Crippen LogP contribution in [-0.2, 0) is 9.84 Å². The molecule has 1 heterocycles. The van der Waals surface area contributed by atoms with E-state index in [2.05, 4.69) is 0 Å². The van der Waals surface area contributed by atoms with Gasteiger partial charge in [0.15, 0.2) is 9.84 Å². The van der Waals surface area contributed by atoms with Crippen LogP contribution in [0.1, 0.15) is 33.1 Å². The van der Waals surface area contributed by atoms with Gasteiger partial charge >= 0.3 is 0 Å². The van der Waals surface area contributed by atoms with E-state index in [4.69, 9.17) is 0 Å². The van der Waals surface area contributed by atoms with Gasteiger partial charge in [-0.05, 0) is 25.2 Å². The van der Waals surface area contributed by atoms with Crippen molar-refractivity contribution in [1.29, 1.82) is 0 Å². The second-order valence-electron chi connectivity index (χ2n) is 4.20. The predicted molar refractivity (Wildman–Crippen MR) is 51.2 cm³/mol. The molecule has 0 aromatic carbocycles. The monoisotopic (exact) mass is 208 g/mol. The Labute approximate surface area is 79.4 Å². The van der Waals surface area contributed by atoms with Gasteiger partial charge in [0.1, 0.15) is 5.67 Å². The summed E-state index contributed by atoms with van der Waals surface area (Å²) in [7, 11) is -3.16. The molecule has 1 saturated heterocycles. The minimum absolute atomic E-state index is 0.106. The minimum atomic E-state index is -3.16. The summed E-state index contributed by atoms with van der Waals surface area (Å²) in [6.07, 6.45) is 1.38. The summed E-state index contributed by atoms with van der Waals surface area (Å²) in [5.74, 6) is -0.0198. The molecule has 2 unspecified atom stereocenters. The molecule has 0 N–H and O–H groups in total. The van der Waals surface area contributed by atoms with Crippen molar-refractivity contribution in [2.45, 2.75) is 38.8 Å².